The molecule has 0 aliphatic heterocycles. The molecule has 3 nitrogen and oxygen atoms in total. The first kappa shape index (κ1) is 8.49. The summed E-state index contributed by atoms with van der Waals surface area (Å²) in [6.07, 6.45) is 1.80. The molecular weight excluding hydrogens is 206 g/mol. The molecule has 3 rings (SSSR count). The predicted molar refractivity (Wildman–Crippen MR) is 62.9 cm³/mol. The lowest BCUT2D eigenvalue weighted by atomic mass is 10.2. The highest BCUT2D eigenvalue weighted by Gasteiger charge is 2.08. The molecule has 1 aromatic carbocycles. The van der Waals surface area contributed by atoms with Gasteiger partial charge in [-0.05, 0) is 5.56 Å². The van der Waals surface area contributed by atoms with E-state index in [9.17, 15) is 0 Å². The minimum absolute atomic E-state index is 0.546. The minimum Gasteiger partial charge on any atom is -0.369 e. The molecule has 0 saturated heterocycles. The van der Waals surface area contributed by atoms with Gasteiger partial charge < -0.3 is 5.73 Å². The number of benzene rings is 1. The van der Waals surface area contributed by atoms with E-state index < -0.39 is 0 Å². The summed E-state index contributed by atoms with van der Waals surface area (Å²) < 4.78 is 1.97. The maximum Gasteiger partial charge on any atom is 0.206 e. The van der Waals surface area contributed by atoms with Crippen molar-refractivity contribution < 1.29 is 0 Å². The summed E-state index contributed by atoms with van der Waals surface area (Å²) in [4.78, 5) is 5.17. The summed E-state index contributed by atoms with van der Waals surface area (Å²) >= 11 is 1.65. The zero-order valence-electron chi connectivity index (χ0n) is 7.92. The van der Waals surface area contributed by atoms with Crippen molar-refractivity contribution in [2.24, 2.45) is 0 Å². The normalized spacial score (nSPS) is 10.9. The van der Waals surface area contributed by atoms with Crippen LogP contribution < -0.4 is 5.73 Å². The maximum atomic E-state index is 5.82. The second kappa shape index (κ2) is 3.10. The molecule has 74 valence electrons. The number of nitrogens with zero attached hydrogens (tertiary/aromatic N) is 2. The third kappa shape index (κ3) is 1.22. The first-order chi connectivity index (χ1) is 7.36. The van der Waals surface area contributed by atoms with Crippen LogP contribution in [0.5, 0.6) is 0 Å². The van der Waals surface area contributed by atoms with Crippen LogP contribution in [0.4, 0.5) is 5.95 Å². The average molecular weight is 215 g/mol. The van der Waals surface area contributed by atoms with Crippen LogP contribution in [0.15, 0.2) is 41.9 Å². The second-order valence-corrected chi connectivity index (χ2v) is 4.17. The minimum atomic E-state index is 0.546. The van der Waals surface area contributed by atoms with Crippen molar-refractivity contribution in [3.05, 3.63) is 41.9 Å². The van der Waals surface area contributed by atoms with Crippen LogP contribution >= 0.6 is 11.3 Å². The monoisotopic (exact) mass is 215 g/mol. The number of thiazole rings is 1. The first-order valence-corrected chi connectivity index (χ1v) is 5.50. The van der Waals surface area contributed by atoms with Gasteiger partial charge in [-0.3, -0.25) is 4.40 Å². The van der Waals surface area contributed by atoms with Crippen LogP contribution in [0.2, 0.25) is 0 Å². The Bertz CT molecular complexity index is 595. The topological polar surface area (TPSA) is 43.3 Å². The largest absolute Gasteiger partial charge is 0.369 e. The van der Waals surface area contributed by atoms with Gasteiger partial charge in [0.15, 0.2) is 0 Å². The molecule has 2 heterocycles. The zero-order chi connectivity index (χ0) is 10.3. The summed E-state index contributed by atoms with van der Waals surface area (Å²) in [5.41, 5.74) is 8.08. The van der Waals surface area contributed by atoms with Crippen molar-refractivity contribution in [1.82, 2.24) is 9.38 Å². The molecule has 0 unspecified atom stereocenters. The van der Waals surface area contributed by atoms with E-state index in [2.05, 4.69) is 22.5 Å². The van der Waals surface area contributed by atoms with Gasteiger partial charge in [0.25, 0.3) is 0 Å². The smallest absolute Gasteiger partial charge is 0.206 e. The Kier molecular flexibility index (Phi) is 1.76. The number of aromatic nitrogens is 2. The lowest BCUT2D eigenvalue weighted by Gasteiger charge is -1.99. The van der Waals surface area contributed by atoms with Crippen molar-refractivity contribution >= 4 is 22.1 Å². The molecule has 0 radical (unpaired) electrons. The number of hydrogen-bond acceptors (Lipinski definition) is 3. The van der Waals surface area contributed by atoms with Gasteiger partial charge in [-0.25, -0.2) is 4.98 Å². The third-order valence-electron chi connectivity index (χ3n) is 2.36. The van der Waals surface area contributed by atoms with Gasteiger partial charge in [0, 0.05) is 5.38 Å². The van der Waals surface area contributed by atoms with E-state index >= 15 is 0 Å². The molecule has 3 aromatic rings. The van der Waals surface area contributed by atoms with Crippen LogP contribution in [0.3, 0.4) is 0 Å². The van der Waals surface area contributed by atoms with Crippen molar-refractivity contribution in [3.63, 3.8) is 0 Å². The molecule has 0 amide bonds. The summed E-state index contributed by atoms with van der Waals surface area (Å²) in [6, 6.07) is 10.2. The Hall–Kier alpha value is -1.81. The molecule has 0 atom stereocenters. The van der Waals surface area contributed by atoms with Crippen molar-refractivity contribution in [1.29, 1.82) is 0 Å². The molecule has 0 aliphatic carbocycles. The summed E-state index contributed by atoms with van der Waals surface area (Å²) in [5.74, 6) is 0.546. The Labute approximate surface area is 90.8 Å². The average Bonchev–Trinajstić information content (AvgIpc) is 2.84. The number of hydrogen-bond donors (Lipinski definition) is 1. The fraction of sp³-hybridized carbons (Fsp3) is 0. The highest BCUT2D eigenvalue weighted by Crippen LogP contribution is 2.27. The van der Waals surface area contributed by atoms with Gasteiger partial charge in [0.05, 0.1) is 11.9 Å². The molecule has 0 spiro atoms. The predicted octanol–water partition coefficient (Wildman–Crippen LogP) is 2.65. The van der Waals surface area contributed by atoms with Gasteiger partial charge in [-0.1, -0.05) is 30.3 Å². The number of rotatable bonds is 1. The SMILES string of the molecule is Nc1ncc2scc(-c3ccccc3)n12. The van der Waals surface area contributed by atoms with E-state index in [1.165, 1.54) is 0 Å². The molecule has 4 heteroatoms. The van der Waals surface area contributed by atoms with E-state index in [0.29, 0.717) is 5.95 Å². The number of nitrogens with two attached hydrogens (primary N) is 1. The van der Waals surface area contributed by atoms with Gasteiger partial charge in [0.2, 0.25) is 5.95 Å². The van der Waals surface area contributed by atoms with Gasteiger partial charge in [0.1, 0.15) is 4.83 Å². The summed E-state index contributed by atoms with van der Waals surface area (Å²) in [7, 11) is 0. The number of nitrogen functional groups attached to an aromatic ring is 1. The molecule has 2 N–H and O–H groups in total. The van der Waals surface area contributed by atoms with E-state index in [-0.39, 0.29) is 0 Å². The summed E-state index contributed by atoms with van der Waals surface area (Å²) in [6.45, 7) is 0. The number of anilines is 1. The number of imidazole rings is 1. The lowest BCUT2D eigenvalue weighted by Crippen LogP contribution is -1.94. The second-order valence-electron chi connectivity index (χ2n) is 3.28. The number of fused-ring (bicyclic) bond motifs is 1. The molecule has 0 saturated carbocycles. The van der Waals surface area contributed by atoms with Gasteiger partial charge in [-0.2, -0.15) is 0 Å². The Morgan fingerprint density at radius 1 is 1.20 bits per heavy atom. The fourth-order valence-corrected chi connectivity index (χ4v) is 2.53. The third-order valence-corrected chi connectivity index (χ3v) is 3.23. The zero-order valence-corrected chi connectivity index (χ0v) is 8.74. The molecule has 0 aliphatic rings. The van der Waals surface area contributed by atoms with Gasteiger partial charge >= 0.3 is 0 Å². The van der Waals surface area contributed by atoms with Crippen molar-refractivity contribution in [2.45, 2.75) is 0 Å². The summed E-state index contributed by atoms with van der Waals surface area (Å²) in [5, 5.41) is 2.10. The molecule has 15 heavy (non-hydrogen) atoms. The van der Waals surface area contributed by atoms with Crippen LogP contribution in [0, 0.1) is 0 Å². The van der Waals surface area contributed by atoms with Crippen molar-refractivity contribution in [2.75, 3.05) is 5.73 Å². The Balaban J connectivity index is 2.31. The quantitative estimate of drug-likeness (QED) is 0.678. The molecular formula is C11H9N3S. The first-order valence-electron chi connectivity index (χ1n) is 4.62. The van der Waals surface area contributed by atoms with Crippen LogP contribution in [0.1, 0.15) is 0 Å². The van der Waals surface area contributed by atoms with E-state index in [1.807, 2.05) is 22.6 Å². The highest BCUT2D eigenvalue weighted by atomic mass is 32.1. The van der Waals surface area contributed by atoms with Crippen LogP contribution in [-0.2, 0) is 0 Å². The Morgan fingerprint density at radius 2 is 2.00 bits per heavy atom. The molecule has 0 bridgehead atoms. The fourth-order valence-electron chi connectivity index (χ4n) is 1.65. The van der Waals surface area contributed by atoms with E-state index in [0.717, 1.165) is 16.1 Å². The van der Waals surface area contributed by atoms with E-state index in [4.69, 9.17) is 5.73 Å². The van der Waals surface area contributed by atoms with Crippen LogP contribution in [0.25, 0.3) is 16.1 Å². The standard InChI is InChI=1S/C11H9N3S/c12-11-13-6-10-14(11)9(7-15-10)8-4-2-1-3-5-8/h1-7H,(H2,12,13). The van der Waals surface area contributed by atoms with Crippen molar-refractivity contribution in [3.8, 4) is 11.3 Å². The van der Waals surface area contributed by atoms with E-state index in [1.54, 1.807) is 17.5 Å². The van der Waals surface area contributed by atoms with Gasteiger partial charge in [-0.15, -0.1) is 11.3 Å². The molecule has 2 aromatic heterocycles. The maximum absolute atomic E-state index is 5.82. The lowest BCUT2D eigenvalue weighted by molar-refractivity contribution is 1.20. The Morgan fingerprint density at radius 3 is 2.80 bits per heavy atom. The molecule has 0 fully saturated rings. The van der Waals surface area contributed by atoms with Crippen LogP contribution in [-0.4, -0.2) is 9.38 Å². The highest BCUT2D eigenvalue weighted by molar-refractivity contribution is 7.16.